The first-order valence-corrected chi connectivity index (χ1v) is 10.1. The fourth-order valence-corrected chi connectivity index (χ4v) is 4.00. The fraction of sp³-hybridized carbons (Fsp3) is 0.316. The summed E-state index contributed by atoms with van der Waals surface area (Å²) in [5, 5.41) is 2.72. The number of methoxy groups -OCH3 is 3. The number of anilines is 1. The molecule has 8 nitrogen and oxygen atoms in total. The number of hydrogen-bond donors (Lipinski definition) is 2. The predicted molar refractivity (Wildman–Crippen MR) is 104 cm³/mol. The molecule has 0 bridgehead atoms. The van der Waals surface area contributed by atoms with E-state index in [4.69, 9.17) is 14.2 Å². The first-order chi connectivity index (χ1) is 13.4. The summed E-state index contributed by atoms with van der Waals surface area (Å²) in [4.78, 5) is 12.7. The van der Waals surface area contributed by atoms with Gasteiger partial charge in [-0.2, -0.15) is 0 Å². The minimum atomic E-state index is -3.64. The molecule has 150 valence electrons. The Morgan fingerprint density at radius 2 is 1.64 bits per heavy atom. The summed E-state index contributed by atoms with van der Waals surface area (Å²) in [5.41, 5.74) is 0.635. The molecule has 0 aliphatic heterocycles. The lowest BCUT2D eigenvalue weighted by Gasteiger charge is -2.15. The number of sulfonamides is 1. The lowest BCUT2D eigenvalue weighted by Crippen LogP contribution is -2.26. The van der Waals surface area contributed by atoms with Crippen molar-refractivity contribution in [1.82, 2.24) is 4.72 Å². The molecule has 2 aromatic carbocycles. The van der Waals surface area contributed by atoms with E-state index < -0.39 is 15.9 Å². The Hall–Kier alpha value is -2.78. The van der Waals surface area contributed by atoms with Crippen LogP contribution in [0.15, 0.2) is 41.3 Å². The van der Waals surface area contributed by atoms with Gasteiger partial charge in [-0.15, -0.1) is 0 Å². The van der Waals surface area contributed by atoms with Gasteiger partial charge in [0.1, 0.15) is 0 Å². The number of hydrogen-bond acceptors (Lipinski definition) is 6. The van der Waals surface area contributed by atoms with E-state index in [1.54, 1.807) is 18.2 Å². The lowest BCUT2D eigenvalue weighted by molar-refractivity contribution is 0.102. The van der Waals surface area contributed by atoms with Gasteiger partial charge in [0.15, 0.2) is 11.5 Å². The highest BCUT2D eigenvalue weighted by Gasteiger charge is 2.28. The Bertz CT molecular complexity index is 961. The number of ether oxygens (including phenoxy) is 3. The van der Waals surface area contributed by atoms with Crippen LogP contribution in [0, 0.1) is 0 Å². The maximum Gasteiger partial charge on any atom is 0.255 e. The van der Waals surface area contributed by atoms with Gasteiger partial charge < -0.3 is 19.5 Å². The van der Waals surface area contributed by atoms with Gasteiger partial charge in [-0.3, -0.25) is 4.79 Å². The number of nitrogens with one attached hydrogen (secondary N) is 2. The van der Waals surface area contributed by atoms with Crippen LogP contribution in [-0.2, 0) is 10.0 Å². The Kier molecular flexibility index (Phi) is 5.76. The average molecular weight is 406 g/mol. The molecule has 0 saturated heterocycles. The van der Waals surface area contributed by atoms with Crippen molar-refractivity contribution < 1.29 is 27.4 Å². The van der Waals surface area contributed by atoms with E-state index in [1.807, 2.05) is 0 Å². The minimum Gasteiger partial charge on any atom is -0.493 e. The molecule has 0 radical (unpaired) electrons. The second kappa shape index (κ2) is 8.07. The van der Waals surface area contributed by atoms with Crippen molar-refractivity contribution in [3.05, 3.63) is 42.0 Å². The molecule has 9 heteroatoms. The maximum absolute atomic E-state index is 12.6. The number of carbonyl (C=O) groups is 1. The number of rotatable bonds is 8. The molecule has 0 unspecified atom stereocenters. The van der Waals surface area contributed by atoms with E-state index in [1.165, 1.54) is 39.5 Å². The number of carbonyl (C=O) groups excluding carboxylic acids is 1. The standard InChI is InChI=1S/C19H22N2O6S/c1-25-16-10-14(11-17(26-2)18(16)27-3)20-19(22)12-5-4-6-15(9-12)28(23,24)21-13-7-8-13/h4-6,9-11,13,21H,7-8H2,1-3H3,(H,20,22). The van der Waals surface area contributed by atoms with Crippen molar-refractivity contribution in [3.63, 3.8) is 0 Å². The molecule has 2 N–H and O–H groups in total. The minimum absolute atomic E-state index is 0.0123. The highest BCUT2D eigenvalue weighted by Crippen LogP contribution is 2.40. The molecule has 3 rings (SSSR count). The summed E-state index contributed by atoms with van der Waals surface area (Å²) in [6.45, 7) is 0. The van der Waals surface area contributed by atoms with Crippen LogP contribution in [0.25, 0.3) is 0 Å². The molecule has 1 saturated carbocycles. The number of benzene rings is 2. The smallest absolute Gasteiger partial charge is 0.255 e. The van der Waals surface area contributed by atoms with Gasteiger partial charge in [0.25, 0.3) is 5.91 Å². The van der Waals surface area contributed by atoms with Gasteiger partial charge >= 0.3 is 0 Å². The van der Waals surface area contributed by atoms with Gasteiger partial charge in [0.05, 0.1) is 26.2 Å². The Morgan fingerprint density at radius 1 is 1.00 bits per heavy atom. The third-order valence-electron chi connectivity index (χ3n) is 4.23. The van der Waals surface area contributed by atoms with Crippen molar-refractivity contribution in [2.24, 2.45) is 0 Å². The fourth-order valence-electron chi connectivity index (χ4n) is 2.65. The molecule has 0 heterocycles. The Balaban J connectivity index is 1.84. The monoisotopic (exact) mass is 406 g/mol. The third kappa shape index (κ3) is 4.37. The topological polar surface area (TPSA) is 103 Å². The van der Waals surface area contributed by atoms with E-state index in [2.05, 4.69) is 10.0 Å². The SMILES string of the molecule is COc1cc(NC(=O)c2cccc(S(=O)(=O)NC3CC3)c2)cc(OC)c1OC. The summed E-state index contributed by atoms with van der Waals surface area (Å²) in [6, 6.07) is 9.05. The highest BCUT2D eigenvalue weighted by atomic mass is 32.2. The third-order valence-corrected chi connectivity index (χ3v) is 5.75. The molecule has 28 heavy (non-hydrogen) atoms. The zero-order chi connectivity index (χ0) is 20.3. The molecule has 0 spiro atoms. The van der Waals surface area contributed by atoms with Crippen LogP contribution in [0.1, 0.15) is 23.2 Å². The van der Waals surface area contributed by atoms with Crippen LogP contribution in [0.2, 0.25) is 0 Å². The van der Waals surface area contributed by atoms with E-state index in [0.29, 0.717) is 22.9 Å². The van der Waals surface area contributed by atoms with Gasteiger partial charge in [0, 0.05) is 29.4 Å². The van der Waals surface area contributed by atoms with Crippen molar-refractivity contribution in [3.8, 4) is 17.2 Å². The molecular weight excluding hydrogens is 384 g/mol. The first-order valence-electron chi connectivity index (χ1n) is 8.61. The molecule has 0 aromatic heterocycles. The second-order valence-electron chi connectivity index (χ2n) is 6.29. The molecule has 1 amide bonds. The van der Waals surface area contributed by atoms with Crippen molar-refractivity contribution in [2.75, 3.05) is 26.6 Å². The Morgan fingerprint density at radius 3 is 2.18 bits per heavy atom. The lowest BCUT2D eigenvalue weighted by atomic mass is 10.2. The first kappa shape index (κ1) is 20.0. The predicted octanol–water partition coefficient (Wildman–Crippen LogP) is 2.41. The Labute approximate surface area is 163 Å². The van der Waals surface area contributed by atoms with E-state index in [-0.39, 0.29) is 16.5 Å². The number of amides is 1. The maximum atomic E-state index is 12.6. The van der Waals surface area contributed by atoms with Crippen molar-refractivity contribution >= 4 is 21.6 Å². The van der Waals surface area contributed by atoms with E-state index in [9.17, 15) is 13.2 Å². The van der Waals surface area contributed by atoms with E-state index in [0.717, 1.165) is 12.8 Å². The van der Waals surface area contributed by atoms with Crippen molar-refractivity contribution in [2.45, 2.75) is 23.8 Å². The van der Waals surface area contributed by atoms with Gasteiger partial charge in [-0.05, 0) is 31.0 Å². The molecule has 0 atom stereocenters. The van der Waals surface area contributed by atoms with Crippen LogP contribution in [-0.4, -0.2) is 41.7 Å². The normalized spacial score (nSPS) is 13.7. The van der Waals surface area contributed by atoms with Gasteiger partial charge in [-0.25, -0.2) is 13.1 Å². The largest absolute Gasteiger partial charge is 0.493 e. The van der Waals surface area contributed by atoms with Crippen LogP contribution < -0.4 is 24.2 Å². The van der Waals surface area contributed by atoms with Crippen LogP contribution in [0.3, 0.4) is 0 Å². The molecule has 2 aromatic rings. The van der Waals surface area contributed by atoms with Crippen molar-refractivity contribution in [1.29, 1.82) is 0 Å². The zero-order valence-corrected chi connectivity index (χ0v) is 16.6. The van der Waals surface area contributed by atoms with Gasteiger partial charge in [-0.1, -0.05) is 6.07 Å². The summed E-state index contributed by atoms with van der Waals surface area (Å²) < 4.78 is 43.1. The summed E-state index contributed by atoms with van der Waals surface area (Å²) in [6.07, 6.45) is 1.67. The van der Waals surface area contributed by atoms with Crippen LogP contribution >= 0.6 is 0 Å². The molecular formula is C19H22N2O6S. The summed E-state index contributed by atoms with van der Waals surface area (Å²) >= 11 is 0. The van der Waals surface area contributed by atoms with E-state index >= 15 is 0 Å². The molecule has 1 aliphatic carbocycles. The highest BCUT2D eigenvalue weighted by molar-refractivity contribution is 7.89. The summed E-state index contributed by atoms with van der Waals surface area (Å²) in [7, 11) is 0.796. The second-order valence-corrected chi connectivity index (χ2v) is 8.01. The average Bonchev–Trinajstić information content (AvgIpc) is 3.50. The quantitative estimate of drug-likeness (QED) is 0.698. The van der Waals surface area contributed by atoms with Crippen LogP contribution in [0.4, 0.5) is 5.69 Å². The summed E-state index contributed by atoms with van der Waals surface area (Å²) in [5.74, 6) is 0.726. The van der Waals surface area contributed by atoms with Gasteiger partial charge in [0.2, 0.25) is 15.8 Å². The zero-order valence-electron chi connectivity index (χ0n) is 15.8. The van der Waals surface area contributed by atoms with Crippen LogP contribution in [0.5, 0.6) is 17.2 Å². The molecule has 1 fully saturated rings. The molecule has 1 aliphatic rings.